The molecule has 1 atom stereocenters. The van der Waals surface area contributed by atoms with Gasteiger partial charge >= 0.3 is 0 Å². The molecular formula is C10H17N3O2S. The average molecular weight is 243 g/mol. The molecule has 6 heteroatoms. The summed E-state index contributed by atoms with van der Waals surface area (Å²) in [6.45, 7) is 1.73. The average Bonchev–Trinajstić information content (AvgIpc) is 2.86. The Morgan fingerprint density at radius 1 is 1.56 bits per heavy atom. The summed E-state index contributed by atoms with van der Waals surface area (Å²) in [6.07, 6.45) is 4.35. The topological polar surface area (TPSA) is 65.2 Å². The molecule has 1 aromatic rings. The van der Waals surface area contributed by atoms with Gasteiger partial charge in [0.1, 0.15) is 0 Å². The van der Waals surface area contributed by atoms with Crippen molar-refractivity contribution in [1.82, 2.24) is 10.3 Å². The summed E-state index contributed by atoms with van der Waals surface area (Å²) < 4.78 is 25.5. The number of aromatic amines is 1. The van der Waals surface area contributed by atoms with Crippen LogP contribution >= 0.6 is 0 Å². The maximum Gasteiger partial charge on any atom is 0.235 e. The Labute approximate surface area is 95.9 Å². The van der Waals surface area contributed by atoms with Gasteiger partial charge < -0.3 is 10.3 Å². The summed E-state index contributed by atoms with van der Waals surface area (Å²) >= 11 is 0. The summed E-state index contributed by atoms with van der Waals surface area (Å²) in [5.41, 5.74) is 0.686. The van der Waals surface area contributed by atoms with Crippen LogP contribution in [0.1, 0.15) is 6.42 Å². The lowest BCUT2D eigenvalue weighted by atomic mass is 10.2. The quantitative estimate of drug-likeness (QED) is 0.804. The predicted molar refractivity (Wildman–Crippen MR) is 64.0 cm³/mol. The Bertz CT molecular complexity index is 421. The van der Waals surface area contributed by atoms with Gasteiger partial charge in [-0.05, 0) is 31.5 Å². The number of aromatic nitrogens is 1. The van der Waals surface area contributed by atoms with Gasteiger partial charge in [-0.3, -0.25) is 4.31 Å². The van der Waals surface area contributed by atoms with Crippen molar-refractivity contribution < 1.29 is 8.42 Å². The van der Waals surface area contributed by atoms with Crippen molar-refractivity contribution in [1.29, 1.82) is 0 Å². The van der Waals surface area contributed by atoms with E-state index in [1.165, 1.54) is 4.31 Å². The molecule has 0 aliphatic carbocycles. The van der Waals surface area contributed by atoms with Crippen LogP contribution in [0.4, 0.5) is 5.69 Å². The normalized spacial score (nSPS) is 21.2. The van der Waals surface area contributed by atoms with Gasteiger partial charge in [0.2, 0.25) is 10.0 Å². The molecule has 90 valence electrons. The standard InChI is InChI=1S/C10H17N3O2S/c1-13(10-3-5-12-7-10)16(14,15)8-9-2-4-11-6-9/h3,5,7,9,11-12H,2,4,6,8H2,1H3. The van der Waals surface area contributed by atoms with E-state index >= 15 is 0 Å². The molecule has 2 N–H and O–H groups in total. The van der Waals surface area contributed by atoms with Crippen LogP contribution < -0.4 is 9.62 Å². The zero-order valence-electron chi connectivity index (χ0n) is 9.31. The number of hydrogen-bond donors (Lipinski definition) is 2. The lowest BCUT2D eigenvalue weighted by Crippen LogP contribution is -2.32. The highest BCUT2D eigenvalue weighted by molar-refractivity contribution is 7.92. The molecule has 1 aliphatic heterocycles. The van der Waals surface area contributed by atoms with E-state index in [4.69, 9.17) is 0 Å². The molecule has 1 aliphatic rings. The van der Waals surface area contributed by atoms with Crippen LogP contribution in [0.15, 0.2) is 18.5 Å². The first kappa shape index (κ1) is 11.5. The van der Waals surface area contributed by atoms with E-state index in [1.54, 1.807) is 25.5 Å². The van der Waals surface area contributed by atoms with Crippen molar-refractivity contribution in [2.75, 3.05) is 30.2 Å². The predicted octanol–water partition coefficient (Wildman–Crippen LogP) is 0.390. The fourth-order valence-corrected chi connectivity index (χ4v) is 3.48. The Kier molecular flexibility index (Phi) is 3.20. The van der Waals surface area contributed by atoms with Gasteiger partial charge in [0, 0.05) is 19.4 Å². The van der Waals surface area contributed by atoms with E-state index in [0.717, 1.165) is 19.5 Å². The maximum absolute atomic E-state index is 12.1. The molecular weight excluding hydrogens is 226 g/mol. The number of H-pyrrole nitrogens is 1. The second kappa shape index (κ2) is 4.47. The summed E-state index contributed by atoms with van der Waals surface area (Å²) in [6, 6.07) is 1.75. The van der Waals surface area contributed by atoms with E-state index in [1.807, 2.05) is 0 Å². The highest BCUT2D eigenvalue weighted by Gasteiger charge is 2.25. The molecule has 0 spiro atoms. The molecule has 16 heavy (non-hydrogen) atoms. The number of anilines is 1. The van der Waals surface area contributed by atoms with E-state index < -0.39 is 10.0 Å². The lowest BCUT2D eigenvalue weighted by Gasteiger charge is -2.19. The zero-order chi connectivity index (χ0) is 11.6. The number of nitrogens with one attached hydrogen (secondary N) is 2. The van der Waals surface area contributed by atoms with Crippen molar-refractivity contribution >= 4 is 15.7 Å². The Balaban J connectivity index is 2.06. The fourth-order valence-electron chi connectivity index (χ4n) is 1.94. The lowest BCUT2D eigenvalue weighted by molar-refractivity contribution is 0.569. The molecule has 1 fully saturated rings. The maximum atomic E-state index is 12.1. The van der Waals surface area contributed by atoms with Gasteiger partial charge in [-0.1, -0.05) is 0 Å². The van der Waals surface area contributed by atoms with Crippen LogP contribution in [0.25, 0.3) is 0 Å². The van der Waals surface area contributed by atoms with Gasteiger partial charge in [-0.2, -0.15) is 0 Å². The Hall–Kier alpha value is -1.01. The third kappa shape index (κ3) is 2.38. The van der Waals surface area contributed by atoms with Crippen LogP contribution in [0.3, 0.4) is 0 Å². The van der Waals surface area contributed by atoms with Crippen LogP contribution in [0, 0.1) is 5.92 Å². The third-order valence-corrected chi connectivity index (χ3v) is 4.91. The Morgan fingerprint density at radius 3 is 2.94 bits per heavy atom. The number of hydrogen-bond acceptors (Lipinski definition) is 3. The molecule has 0 radical (unpaired) electrons. The second-order valence-corrected chi connectivity index (χ2v) is 6.22. The first-order valence-electron chi connectivity index (χ1n) is 5.40. The summed E-state index contributed by atoms with van der Waals surface area (Å²) in [5, 5.41) is 3.18. The molecule has 1 unspecified atom stereocenters. The first-order chi connectivity index (χ1) is 7.59. The van der Waals surface area contributed by atoms with Crippen molar-refractivity contribution in [3.63, 3.8) is 0 Å². The minimum absolute atomic E-state index is 0.224. The number of nitrogens with zero attached hydrogens (tertiary/aromatic N) is 1. The number of rotatable bonds is 4. The monoisotopic (exact) mass is 243 g/mol. The number of sulfonamides is 1. The van der Waals surface area contributed by atoms with E-state index in [-0.39, 0.29) is 11.7 Å². The van der Waals surface area contributed by atoms with Gasteiger partial charge in [-0.15, -0.1) is 0 Å². The largest absolute Gasteiger partial charge is 0.366 e. The molecule has 0 saturated carbocycles. The highest BCUT2D eigenvalue weighted by atomic mass is 32.2. The molecule has 0 amide bonds. The van der Waals surface area contributed by atoms with Crippen molar-refractivity contribution in [2.45, 2.75) is 6.42 Å². The molecule has 1 aromatic heterocycles. The zero-order valence-corrected chi connectivity index (χ0v) is 10.1. The second-order valence-electron chi connectivity index (χ2n) is 4.17. The van der Waals surface area contributed by atoms with Crippen LogP contribution in [0.5, 0.6) is 0 Å². The van der Waals surface area contributed by atoms with Gasteiger partial charge in [0.25, 0.3) is 0 Å². The van der Waals surface area contributed by atoms with E-state index in [9.17, 15) is 8.42 Å². The van der Waals surface area contributed by atoms with Crippen LogP contribution in [-0.2, 0) is 10.0 Å². The SMILES string of the molecule is CN(c1cc[nH]c1)S(=O)(=O)CC1CCNC1. The fraction of sp³-hybridized carbons (Fsp3) is 0.600. The molecule has 1 saturated heterocycles. The minimum atomic E-state index is -3.19. The molecule has 2 heterocycles. The van der Waals surface area contributed by atoms with E-state index in [0.29, 0.717) is 5.69 Å². The smallest absolute Gasteiger partial charge is 0.235 e. The highest BCUT2D eigenvalue weighted by Crippen LogP contribution is 2.18. The molecule has 0 bridgehead atoms. The van der Waals surface area contributed by atoms with Crippen molar-refractivity contribution in [3.8, 4) is 0 Å². The van der Waals surface area contributed by atoms with Gasteiger partial charge in [0.05, 0.1) is 11.4 Å². The molecule has 0 aromatic carbocycles. The molecule has 2 rings (SSSR count). The van der Waals surface area contributed by atoms with Crippen molar-refractivity contribution in [3.05, 3.63) is 18.5 Å². The minimum Gasteiger partial charge on any atom is -0.366 e. The summed E-state index contributed by atoms with van der Waals surface area (Å²) in [7, 11) is -1.60. The van der Waals surface area contributed by atoms with Crippen LogP contribution in [-0.4, -0.2) is 39.3 Å². The summed E-state index contributed by atoms with van der Waals surface area (Å²) in [5.74, 6) is 0.466. The Morgan fingerprint density at radius 2 is 2.38 bits per heavy atom. The van der Waals surface area contributed by atoms with Crippen molar-refractivity contribution in [2.24, 2.45) is 5.92 Å². The molecule has 5 nitrogen and oxygen atoms in total. The van der Waals surface area contributed by atoms with Gasteiger partial charge in [-0.25, -0.2) is 8.42 Å². The van der Waals surface area contributed by atoms with Gasteiger partial charge in [0.15, 0.2) is 0 Å². The first-order valence-corrected chi connectivity index (χ1v) is 7.00. The van der Waals surface area contributed by atoms with E-state index in [2.05, 4.69) is 10.3 Å². The third-order valence-electron chi connectivity index (χ3n) is 2.97. The summed E-state index contributed by atoms with van der Waals surface area (Å²) in [4.78, 5) is 2.86. The van der Waals surface area contributed by atoms with Crippen LogP contribution in [0.2, 0.25) is 0 Å².